The zero-order valence-corrected chi connectivity index (χ0v) is 20.0. The molecule has 1 saturated heterocycles. The van der Waals surface area contributed by atoms with Crippen LogP contribution in [0.1, 0.15) is 23.7 Å². The zero-order valence-electron chi connectivity index (χ0n) is 18.4. The molecular formula is C26H22ClFN2O3S. The summed E-state index contributed by atoms with van der Waals surface area (Å²) in [7, 11) is -3.16. The van der Waals surface area contributed by atoms with Crippen LogP contribution >= 0.6 is 11.6 Å². The molecular weight excluding hydrogens is 475 g/mol. The van der Waals surface area contributed by atoms with Crippen molar-refractivity contribution in [2.45, 2.75) is 18.9 Å². The van der Waals surface area contributed by atoms with Crippen molar-refractivity contribution in [3.8, 4) is 16.8 Å². The Morgan fingerprint density at radius 1 is 1.06 bits per heavy atom. The first-order chi connectivity index (χ1) is 16.1. The summed E-state index contributed by atoms with van der Waals surface area (Å²) >= 11 is 6.48. The second-order valence-corrected chi connectivity index (χ2v) is 11.5. The van der Waals surface area contributed by atoms with Gasteiger partial charge in [0.15, 0.2) is 9.84 Å². The van der Waals surface area contributed by atoms with Gasteiger partial charge >= 0.3 is 0 Å². The number of rotatable bonds is 4. The van der Waals surface area contributed by atoms with Gasteiger partial charge in [-0.05, 0) is 55.8 Å². The van der Waals surface area contributed by atoms with Crippen LogP contribution in [0.15, 0.2) is 72.9 Å². The molecule has 0 bridgehead atoms. The Morgan fingerprint density at radius 3 is 2.47 bits per heavy atom. The fraction of sp³-hybridized carbons (Fsp3) is 0.192. The Kier molecular flexibility index (Phi) is 5.49. The summed E-state index contributed by atoms with van der Waals surface area (Å²) in [5.41, 5.74) is 2.81. The van der Waals surface area contributed by atoms with E-state index in [0.717, 1.165) is 27.7 Å². The molecule has 1 amide bonds. The van der Waals surface area contributed by atoms with Crippen LogP contribution in [-0.2, 0) is 9.84 Å². The predicted molar refractivity (Wildman–Crippen MR) is 133 cm³/mol. The lowest BCUT2D eigenvalue weighted by Gasteiger charge is -2.24. The first-order valence-electron chi connectivity index (χ1n) is 10.8. The number of fused-ring (bicyclic) bond motifs is 1. The minimum atomic E-state index is -3.16. The highest BCUT2D eigenvalue weighted by molar-refractivity contribution is 7.91. The van der Waals surface area contributed by atoms with E-state index in [1.165, 1.54) is 12.1 Å². The van der Waals surface area contributed by atoms with E-state index in [2.05, 4.69) is 5.32 Å². The van der Waals surface area contributed by atoms with Crippen molar-refractivity contribution in [3.05, 3.63) is 89.3 Å². The number of nitrogens with one attached hydrogen (secondary N) is 1. The maximum atomic E-state index is 13.6. The summed E-state index contributed by atoms with van der Waals surface area (Å²) in [4.78, 5) is 13.1. The van der Waals surface area contributed by atoms with Crippen molar-refractivity contribution < 1.29 is 17.6 Å². The first-order valence-corrected chi connectivity index (χ1v) is 13.0. The van der Waals surface area contributed by atoms with Crippen LogP contribution in [0.4, 0.5) is 4.39 Å². The molecule has 174 valence electrons. The van der Waals surface area contributed by atoms with E-state index >= 15 is 0 Å². The van der Waals surface area contributed by atoms with Gasteiger partial charge in [-0.1, -0.05) is 35.9 Å². The molecule has 5 nitrogen and oxygen atoms in total. The van der Waals surface area contributed by atoms with E-state index < -0.39 is 15.4 Å². The lowest BCUT2D eigenvalue weighted by Crippen LogP contribution is -2.46. The van der Waals surface area contributed by atoms with Crippen molar-refractivity contribution in [2.24, 2.45) is 0 Å². The van der Waals surface area contributed by atoms with Gasteiger partial charge in [0.25, 0.3) is 5.91 Å². The highest BCUT2D eigenvalue weighted by Gasteiger charge is 2.39. The summed E-state index contributed by atoms with van der Waals surface area (Å²) in [5, 5.41) is 4.38. The Labute approximate surface area is 202 Å². The molecule has 0 aliphatic carbocycles. The number of benzene rings is 3. The number of nitrogens with zero attached hydrogens (tertiary/aromatic N) is 1. The highest BCUT2D eigenvalue weighted by atomic mass is 35.5. The van der Waals surface area contributed by atoms with Crippen molar-refractivity contribution in [1.29, 1.82) is 0 Å². The Bertz CT molecular complexity index is 1530. The van der Waals surface area contributed by atoms with Crippen molar-refractivity contribution in [2.75, 3.05) is 11.5 Å². The number of carbonyl (C=O) groups is 1. The lowest BCUT2D eigenvalue weighted by atomic mass is 10.0. The van der Waals surface area contributed by atoms with Crippen LogP contribution in [0, 0.1) is 5.82 Å². The van der Waals surface area contributed by atoms with Crippen molar-refractivity contribution >= 4 is 38.2 Å². The summed E-state index contributed by atoms with van der Waals surface area (Å²) in [6.45, 7) is 1.75. The SMILES string of the molecule is C[C@]1(NC(=O)c2ccc3c(-c4ccccc4Cl)cn(-c4ccc(F)cc4)c3c2)CCS(=O)(=O)C1. The normalized spacial score (nSPS) is 19.4. The van der Waals surface area contributed by atoms with Crippen LogP contribution in [0.25, 0.3) is 27.7 Å². The second kappa shape index (κ2) is 8.25. The molecule has 1 aliphatic rings. The molecule has 2 heterocycles. The summed E-state index contributed by atoms with van der Waals surface area (Å²) < 4.78 is 39.3. The summed E-state index contributed by atoms with van der Waals surface area (Å²) in [6, 6.07) is 19.0. The number of amides is 1. The van der Waals surface area contributed by atoms with Gasteiger partial charge < -0.3 is 9.88 Å². The predicted octanol–water partition coefficient (Wildman–Crippen LogP) is 5.40. The molecule has 0 unspecified atom stereocenters. The molecule has 1 aliphatic heterocycles. The molecule has 0 spiro atoms. The molecule has 1 atom stereocenters. The third-order valence-corrected chi connectivity index (χ3v) is 8.49. The van der Waals surface area contributed by atoms with Gasteiger partial charge in [-0.25, -0.2) is 12.8 Å². The number of hydrogen-bond acceptors (Lipinski definition) is 3. The van der Waals surface area contributed by atoms with Crippen LogP contribution in [0.5, 0.6) is 0 Å². The summed E-state index contributed by atoms with van der Waals surface area (Å²) in [5.74, 6) is -0.687. The number of halogens is 2. The van der Waals surface area contributed by atoms with Gasteiger partial charge in [0.2, 0.25) is 0 Å². The number of sulfone groups is 1. The third-order valence-electron chi connectivity index (χ3n) is 6.26. The zero-order chi connectivity index (χ0) is 24.1. The fourth-order valence-corrected chi connectivity index (χ4v) is 6.86. The van der Waals surface area contributed by atoms with E-state index in [1.807, 2.05) is 41.1 Å². The number of hydrogen-bond donors (Lipinski definition) is 1. The van der Waals surface area contributed by atoms with Gasteiger partial charge in [0.05, 0.1) is 22.6 Å². The van der Waals surface area contributed by atoms with Crippen LogP contribution in [0.3, 0.4) is 0 Å². The molecule has 1 N–H and O–H groups in total. The van der Waals surface area contributed by atoms with E-state index in [9.17, 15) is 17.6 Å². The van der Waals surface area contributed by atoms with Crippen molar-refractivity contribution in [3.63, 3.8) is 0 Å². The molecule has 34 heavy (non-hydrogen) atoms. The van der Waals surface area contributed by atoms with Crippen LogP contribution in [-0.4, -0.2) is 35.9 Å². The largest absolute Gasteiger partial charge is 0.346 e. The average Bonchev–Trinajstić information content (AvgIpc) is 3.30. The van der Waals surface area contributed by atoms with Gasteiger partial charge in [0, 0.05) is 39.0 Å². The third kappa shape index (κ3) is 4.21. The van der Waals surface area contributed by atoms with E-state index in [1.54, 1.807) is 31.2 Å². The highest BCUT2D eigenvalue weighted by Crippen LogP contribution is 2.37. The minimum absolute atomic E-state index is 0.0669. The Morgan fingerprint density at radius 2 is 1.79 bits per heavy atom. The van der Waals surface area contributed by atoms with Gasteiger partial charge in [-0.15, -0.1) is 0 Å². The fourth-order valence-electron chi connectivity index (χ4n) is 4.53. The molecule has 4 aromatic rings. The van der Waals surface area contributed by atoms with Gasteiger partial charge in [-0.2, -0.15) is 0 Å². The van der Waals surface area contributed by atoms with E-state index in [4.69, 9.17) is 11.6 Å². The minimum Gasteiger partial charge on any atom is -0.346 e. The van der Waals surface area contributed by atoms with Gasteiger partial charge in [0.1, 0.15) is 5.82 Å². The molecule has 1 aromatic heterocycles. The monoisotopic (exact) mass is 496 g/mol. The smallest absolute Gasteiger partial charge is 0.251 e. The molecule has 3 aromatic carbocycles. The number of aromatic nitrogens is 1. The van der Waals surface area contributed by atoms with Crippen molar-refractivity contribution in [1.82, 2.24) is 9.88 Å². The quantitative estimate of drug-likeness (QED) is 0.411. The maximum Gasteiger partial charge on any atom is 0.251 e. The maximum absolute atomic E-state index is 13.6. The molecule has 5 rings (SSSR count). The van der Waals surface area contributed by atoms with Crippen LogP contribution in [0.2, 0.25) is 5.02 Å². The molecule has 0 saturated carbocycles. The lowest BCUT2D eigenvalue weighted by molar-refractivity contribution is 0.0915. The second-order valence-electron chi connectivity index (χ2n) is 8.96. The topological polar surface area (TPSA) is 68.2 Å². The first kappa shape index (κ1) is 22.6. The standard InChI is InChI=1S/C26H22ClFN2O3S/c1-26(12-13-34(32,33)16-26)29-25(31)17-6-11-21-22(20-4-2-3-5-23(20)27)15-30(24(21)14-17)19-9-7-18(28)8-10-19/h2-11,14-15H,12-13,16H2,1H3,(H,29,31)/t26-/m0/s1. The average molecular weight is 497 g/mol. The molecule has 8 heteroatoms. The molecule has 0 radical (unpaired) electrons. The Balaban J connectivity index is 1.62. The van der Waals surface area contributed by atoms with E-state index in [-0.39, 0.29) is 23.2 Å². The van der Waals surface area contributed by atoms with E-state index in [0.29, 0.717) is 17.0 Å². The van der Waals surface area contributed by atoms with Gasteiger partial charge in [-0.3, -0.25) is 4.79 Å². The summed E-state index contributed by atoms with van der Waals surface area (Å²) in [6.07, 6.45) is 2.30. The number of carbonyl (C=O) groups excluding carboxylic acids is 1. The molecule has 1 fully saturated rings. The Hall–Kier alpha value is -3.16. The van der Waals surface area contributed by atoms with Crippen LogP contribution < -0.4 is 5.32 Å².